The lowest BCUT2D eigenvalue weighted by Gasteiger charge is -2.16. The van der Waals surface area contributed by atoms with Gasteiger partial charge in [0.05, 0.1) is 42.8 Å². The SMILES string of the molecule is CCc1nc(C)oc1C(=O)Nc1nc2cc(C(N)=O)cc3c2n1C/C=C/CNc1c(N)cc(C(=O)OC)cc1OCCCO3. The number of hydrogen-bond acceptors (Lipinski definition) is 11. The maximum atomic E-state index is 13.3. The zero-order valence-electron chi connectivity index (χ0n) is 24.6. The Hall–Kier alpha value is -5.53. The molecule has 44 heavy (non-hydrogen) atoms. The van der Waals surface area contributed by atoms with Crippen LogP contribution in [0, 0.1) is 6.92 Å². The Kier molecular flexibility index (Phi) is 8.69. The Labute approximate surface area is 252 Å². The first-order chi connectivity index (χ1) is 21.2. The van der Waals surface area contributed by atoms with Crippen LogP contribution in [-0.2, 0) is 17.7 Å². The number of allylic oxidation sites excluding steroid dienone is 1. The molecule has 2 amide bonds. The zero-order valence-corrected chi connectivity index (χ0v) is 24.6. The van der Waals surface area contributed by atoms with E-state index in [0.29, 0.717) is 64.9 Å². The number of aryl methyl sites for hydroxylation is 2. The van der Waals surface area contributed by atoms with E-state index in [1.54, 1.807) is 29.7 Å². The van der Waals surface area contributed by atoms with Crippen LogP contribution in [0.2, 0.25) is 0 Å². The number of nitrogens with two attached hydrogens (primary N) is 2. The molecule has 5 rings (SSSR count). The number of amides is 2. The summed E-state index contributed by atoms with van der Waals surface area (Å²) in [5.74, 6) is -0.271. The number of hydrogen-bond donors (Lipinski definition) is 4. The lowest BCUT2D eigenvalue weighted by atomic mass is 10.1. The van der Waals surface area contributed by atoms with Crippen molar-refractivity contribution >= 4 is 46.1 Å². The van der Waals surface area contributed by atoms with Gasteiger partial charge in [-0.25, -0.2) is 14.8 Å². The van der Waals surface area contributed by atoms with E-state index in [9.17, 15) is 14.4 Å². The highest BCUT2D eigenvalue weighted by Gasteiger charge is 2.23. The first kappa shape index (κ1) is 29.9. The lowest BCUT2D eigenvalue weighted by molar-refractivity contribution is 0.0600. The van der Waals surface area contributed by atoms with Crippen LogP contribution in [0.5, 0.6) is 11.5 Å². The highest BCUT2D eigenvalue weighted by molar-refractivity contribution is 6.04. The number of oxazole rings is 1. The summed E-state index contributed by atoms with van der Waals surface area (Å²) in [5.41, 5.74) is 14.7. The van der Waals surface area contributed by atoms with Crippen LogP contribution in [-0.4, -0.2) is 59.2 Å². The Morgan fingerprint density at radius 3 is 2.55 bits per heavy atom. The lowest BCUT2D eigenvalue weighted by Crippen LogP contribution is -2.17. The summed E-state index contributed by atoms with van der Waals surface area (Å²) in [4.78, 5) is 46.5. The molecule has 0 spiro atoms. The molecule has 2 aromatic heterocycles. The molecule has 4 aromatic rings. The number of carbonyl (C=O) groups is 3. The van der Waals surface area contributed by atoms with E-state index in [0.717, 1.165) is 0 Å². The maximum absolute atomic E-state index is 13.3. The topological polar surface area (TPSA) is 199 Å². The first-order valence-corrected chi connectivity index (χ1v) is 14.0. The summed E-state index contributed by atoms with van der Waals surface area (Å²) >= 11 is 0. The molecule has 14 nitrogen and oxygen atoms in total. The molecule has 14 heteroatoms. The van der Waals surface area contributed by atoms with E-state index in [-0.39, 0.29) is 42.6 Å². The van der Waals surface area contributed by atoms with Crippen LogP contribution in [0.15, 0.2) is 40.8 Å². The van der Waals surface area contributed by atoms with Gasteiger partial charge in [0.2, 0.25) is 17.6 Å². The van der Waals surface area contributed by atoms with Crippen molar-refractivity contribution < 1.29 is 33.0 Å². The minimum atomic E-state index is -0.655. The standard InChI is InChI=1S/C30H33N7O7/c1-4-20-26(44-16(2)34-20)28(39)36-30-35-21-13-17(27(32)38)14-23-25(21)37(30)9-6-5-8-33-24-19(31)12-18(29(40)41-3)15-22(24)42-10-7-11-43-23/h5-6,12-15,33H,4,7-11,31H2,1-3H3,(H2,32,38)(H,35,36,39)/b6-5+. The number of benzene rings is 2. The van der Waals surface area contributed by atoms with Crippen molar-refractivity contribution in [2.75, 3.05) is 43.2 Å². The Bertz CT molecular complexity index is 1770. The molecule has 1 aliphatic heterocycles. The minimum absolute atomic E-state index is 0.0997. The van der Waals surface area contributed by atoms with Gasteiger partial charge >= 0.3 is 5.97 Å². The molecule has 0 aliphatic carbocycles. The van der Waals surface area contributed by atoms with E-state index in [1.165, 1.54) is 13.2 Å². The van der Waals surface area contributed by atoms with Crippen LogP contribution < -0.4 is 31.6 Å². The van der Waals surface area contributed by atoms with Crippen molar-refractivity contribution in [2.45, 2.75) is 33.2 Å². The summed E-state index contributed by atoms with van der Waals surface area (Å²) in [6, 6.07) is 6.19. The molecule has 0 saturated heterocycles. The second-order valence-electron chi connectivity index (χ2n) is 9.90. The van der Waals surface area contributed by atoms with Crippen LogP contribution in [0.1, 0.15) is 56.2 Å². The summed E-state index contributed by atoms with van der Waals surface area (Å²) in [5, 5.41) is 6.07. The predicted octanol–water partition coefficient (Wildman–Crippen LogP) is 3.44. The molecule has 0 radical (unpaired) electrons. The predicted molar refractivity (Wildman–Crippen MR) is 162 cm³/mol. The fourth-order valence-electron chi connectivity index (χ4n) is 4.82. The van der Waals surface area contributed by atoms with Crippen LogP contribution in [0.25, 0.3) is 11.0 Å². The van der Waals surface area contributed by atoms with E-state index in [1.807, 2.05) is 19.1 Å². The van der Waals surface area contributed by atoms with Gasteiger partial charge in [0.25, 0.3) is 5.91 Å². The van der Waals surface area contributed by atoms with Gasteiger partial charge in [-0.3, -0.25) is 14.9 Å². The quantitative estimate of drug-likeness (QED) is 0.148. The number of esters is 1. The van der Waals surface area contributed by atoms with Gasteiger partial charge in [0.15, 0.2) is 5.89 Å². The van der Waals surface area contributed by atoms with Gasteiger partial charge < -0.3 is 40.0 Å². The van der Waals surface area contributed by atoms with E-state index in [2.05, 4.69) is 20.6 Å². The average molecular weight is 604 g/mol. The number of carbonyl (C=O) groups excluding carboxylic acids is 3. The highest BCUT2D eigenvalue weighted by Crippen LogP contribution is 2.34. The second-order valence-corrected chi connectivity index (χ2v) is 9.90. The largest absolute Gasteiger partial charge is 0.491 e. The van der Waals surface area contributed by atoms with Crippen molar-refractivity contribution in [2.24, 2.45) is 5.73 Å². The molecule has 2 aromatic carbocycles. The zero-order chi connectivity index (χ0) is 31.4. The molecule has 0 fully saturated rings. The van der Waals surface area contributed by atoms with Gasteiger partial charge in [0, 0.05) is 32.0 Å². The number of methoxy groups -OCH3 is 1. The van der Waals surface area contributed by atoms with Gasteiger partial charge in [-0.2, -0.15) is 0 Å². The monoisotopic (exact) mass is 603 g/mol. The molecule has 6 N–H and O–H groups in total. The molecule has 230 valence electrons. The molecule has 3 heterocycles. The number of primary amides is 1. The van der Waals surface area contributed by atoms with Crippen molar-refractivity contribution in [3.05, 3.63) is 64.9 Å². The number of aromatic nitrogens is 3. The van der Waals surface area contributed by atoms with Gasteiger partial charge in [0.1, 0.15) is 22.7 Å². The fraction of sp³-hybridized carbons (Fsp3) is 0.300. The van der Waals surface area contributed by atoms with Gasteiger partial charge in [-0.1, -0.05) is 19.1 Å². The van der Waals surface area contributed by atoms with E-state index >= 15 is 0 Å². The number of nitrogen functional groups attached to an aromatic ring is 1. The summed E-state index contributed by atoms with van der Waals surface area (Å²) in [6.45, 7) is 4.61. The van der Waals surface area contributed by atoms with Gasteiger partial charge in [-0.15, -0.1) is 0 Å². The van der Waals surface area contributed by atoms with Crippen LogP contribution in [0.3, 0.4) is 0 Å². The fourth-order valence-corrected chi connectivity index (χ4v) is 4.82. The number of fused-ring (bicyclic) bond motifs is 1. The van der Waals surface area contributed by atoms with Crippen LogP contribution in [0.4, 0.5) is 17.3 Å². The number of nitrogens with one attached hydrogen (secondary N) is 2. The normalized spacial score (nSPS) is 14.2. The van der Waals surface area contributed by atoms with Crippen molar-refractivity contribution in [1.29, 1.82) is 0 Å². The van der Waals surface area contributed by atoms with Crippen molar-refractivity contribution in [3.63, 3.8) is 0 Å². The number of imidazole rings is 1. The third-order valence-corrected chi connectivity index (χ3v) is 6.87. The van der Waals surface area contributed by atoms with Crippen molar-refractivity contribution in [1.82, 2.24) is 14.5 Å². The second kappa shape index (κ2) is 12.8. The molecular formula is C30H33N7O7. The number of anilines is 3. The number of rotatable bonds is 5. The van der Waals surface area contributed by atoms with E-state index < -0.39 is 17.8 Å². The average Bonchev–Trinajstić information content (AvgIpc) is 3.55. The Morgan fingerprint density at radius 1 is 1.07 bits per heavy atom. The minimum Gasteiger partial charge on any atom is -0.491 e. The number of nitrogens with zero attached hydrogens (tertiary/aromatic N) is 3. The maximum Gasteiger partial charge on any atom is 0.338 e. The molecule has 0 bridgehead atoms. The molecule has 0 unspecified atom stereocenters. The molecule has 0 atom stereocenters. The summed E-state index contributed by atoms with van der Waals surface area (Å²) < 4.78 is 24.3. The number of ether oxygens (including phenoxy) is 3. The molecule has 1 aliphatic rings. The highest BCUT2D eigenvalue weighted by atomic mass is 16.5. The summed E-state index contributed by atoms with van der Waals surface area (Å²) in [7, 11) is 1.29. The third kappa shape index (κ3) is 6.14. The Balaban J connectivity index is 1.52. The first-order valence-electron chi connectivity index (χ1n) is 14.0. The Morgan fingerprint density at radius 2 is 1.82 bits per heavy atom. The van der Waals surface area contributed by atoms with Gasteiger partial charge in [-0.05, 0) is 30.7 Å². The molecular weight excluding hydrogens is 570 g/mol. The van der Waals surface area contributed by atoms with E-state index in [4.69, 9.17) is 30.1 Å². The molecule has 0 saturated carbocycles. The van der Waals surface area contributed by atoms with Crippen LogP contribution >= 0.6 is 0 Å². The third-order valence-electron chi connectivity index (χ3n) is 6.87. The van der Waals surface area contributed by atoms with Crippen molar-refractivity contribution in [3.8, 4) is 11.5 Å². The smallest absolute Gasteiger partial charge is 0.338 e. The summed E-state index contributed by atoms with van der Waals surface area (Å²) in [6.07, 6.45) is 4.67.